The average Bonchev–Trinajstić information content (AvgIpc) is 3.37. The van der Waals surface area contributed by atoms with E-state index in [4.69, 9.17) is 4.74 Å². The standard InChI is InChI=1S/C19H19BrO2S3/c20-9-3-1-2-8-18(21)22-13-14-12-17(15-6-4-10-23-15)25-19(14)16-7-5-11-24-16/h4-7,10-12H,1-3,8-9,13H2. The van der Waals surface area contributed by atoms with Crippen molar-refractivity contribution in [1.82, 2.24) is 0 Å². The van der Waals surface area contributed by atoms with Gasteiger partial charge in [0.2, 0.25) is 0 Å². The highest BCUT2D eigenvalue weighted by Crippen LogP contribution is 2.41. The number of hydrogen-bond acceptors (Lipinski definition) is 5. The maximum absolute atomic E-state index is 12.0. The summed E-state index contributed by atoms with van der Waals surface area (Å²) in [6.07, 6.45) is 3.56. The largest absolute Gasteiger partial charge is 0.461 e. The minimum Gasteiger partial charge on any atom is -0.461 e. The second-order valence-electron chi connectivity index (χ2n) is 5.58. The first-order chi connectivity index (χ1) is 12.3. The normalized spacial score (nSPS) is 10.9. The number of esters is 1. The molecule has 3 aromatic heterocycles. The fourth-order valence-electron chi connectivity index (χ4n) is 2.46. The van der Waals surface area contributed by atoms with Crippen LogP contribution in [0.1, 0.15) is 31.2 Å². The number of thiophene rings is 3. The Morgan fingerprint density at radius 1 is 1.00 bits per heavy atom. The molecule has 0 aliphatic carbocycles. The number of rotatable bonds is 9. The fraction of sp³-hybridized carbons (Fsp3) is 0.316. The summed E-state index contributed by atoms with van der Waals surface area (Å²) in [6, 6.07) is 10.6. The minimum atomic E-state index is -0.101. The van der Waals surface area contributed by atoms with E-state index in [0.717, 1.165) is 30.2 Å². The van der Waals surface area contributed by atoms with Crippen molar-refractivity contribution >= 4 is 55.9 Å². The van der Waals surface area contributed by atoms with Crippen molar-refractivity contribution < 1.29 is 9.53 Å². The Hall–Kier alpha value is -0.950. The maximum atomic E-state index is 12.0. The van der Waals surface area contributed by atoms with Crippen LogP contribution in [0.5, 0.6) is 0 Å². The summed E-state index contributed by atoms with van der Waals surface area (Å²) in [6.45, 7) is 0.354. The highest BCUT2D eigenvalue weighted by molar-refractivity contribution is 9.09. The third kappa shape index (κ3) is 5.26. The van der Waals surface area contributed by atoms with E-state index in [-0.39, 0.29) is 5.97 Å². The molecular formula is C19H19BrO2S3. The number of halogens is 1. The summed E-state index contributed by atoms with van der Waals surface area (Å²) in [5.74, 6) is -0.101. The topological polar surface area (TPSA) is 26.3 Å². The Bertz CT molecular complexity index is 776. The minimum absolute atomic E-state index is 0.101. The van der Waals surface area contributed by atoms with Gasteiger partial charge in [-0.25, -0.2) is 0 Å². The molecular weight excluding hydrogens is 436 g/mol. The molecule has 3 aromatic rings. The highest BCUT2D eigenvalue weighted by Gasteiger charge is 2.15. The van der Waals surface area contributed by atoms with Gasteiger partial charge in [-0.1, -0.05) is 34.5 Å². The zero-order chi connectivity index (χ0) is 17.5. The molecule has 25 heavy (non-hydrogen) atoms. The van der Waals surface area contributed by atoms with Gasteiger partial charge in [0.05, 0.1) is 4.88 Å². The van der Waals surface area contributed by atoms with E-state index in [1.807, 2.05) is 0 Å². The number of unbranched alkanes of at least 4 members (excludes halogenated alkanes) is 2. The first-order valence-electron chi connectivity index (χ1n) is 8.20. The highest BCUT2D eigenvalue weighted by atomic mass is 79.9. The molecule has 0 saturated heterocycles. The number of carbonyl (C=O) groups excluding carboxylic acids is 1. The Morgan fingerprint density at radius 2 is 1.76 bits per heavy atom. The van der Waals surface area contributed by atoms with Crippen molar-refractivity contribution in [3.8, 4) is 19.5 Å². The zero-order valence-corrected chi connectivity index (χ0v) is 17.7. The molecule has 3 rings (SSSR count). The van der Waals surface area contributed by atoms with Gasteiger partial charge >= 0.3 is 5.97 Å². The second kappa shape index (κ2) is 9.67. The van der Waals surface area contributed by atoms with E-state index in [1.54, 1.807) is 34.0 Å². The van der Waals surface area contributed by atoms with Gasteiger partial charge in [0, 0.05) is 31.9 Å². The van der Waals surface area contributed by atoms with Crippen LogP contribution in [0.25, 0.3) is 19.5 Å². The molecule has 0 bridgehead atoms. The first kappa shape index (κ1) is 18.8. The summed E-state index contributed by atoms with van der Waals surface area (Å²) in [5.41, 5.74) is 1.10. The monoisotopic (exact) mass is 454 g/mol. The molecule has 0 aromatic carbocycles. The summed E-state index contributed by atoms with van der Waals surface area (Å²) in [4.78, 5) is 16.9. The third-order valence-corrected chi connectivity index (χ3v) is 7.57. The van der Waals surface area contributed by atoms with E-state index >= 15 is 0 Å². The first-order valence-corrected chi connectivity index (χ1v) is 11.9. The smallest absolute Gasteiger partial charge is 0.306 e. The van der Waals surface area contributed by atoms with Gasteiger partial charge in [-0.3, -0.25) is 4.79 Å². The molecule has 0 atom stereocenters. The molecule has 0 saturated carbocycles. The van der Waals surface area contributed by atoms with Crippen LogP contribution in [0.15, 0.2) is 41.1 Å². The van der Waals surface area contributed by atoms with Crippen LogP contribution in [0, 0.1) is 0 Å². The predicted octanol–water partition coefficient (Wildman–Crippen LogP) is 7.20. The number of carbonyl (C=O) groups is 1. The fourth-order valence-corrected chi connectivity index (χ4v) is 5.74. The van der Waals surface area contributed by atoms with Gasteiger partial charge in [0.1, 0.15) is 6.61 Å². The molecule has 0 aliphatic rings. The Balaban J connectivity index is 1.68. The third-order valence-electron chi connectivity index (χ3n) is 3.72. The lowest BCUT2D eigenvalue weighted by Crippen LogP contribution is -2.04. The van der Waals surface area contributed by atoms with Gasteiger partial charge in [-0.05, 0) is 41.8 Å². The summed E-state index contributed by atoms with van der Waals surface area (Å²) >= 11 is 8.65. The van der Waals surface area contributed by atoms with Crippen LogP contribution in [-0.4, -0.2) is 11.3 Å². The lowest BCUT2D eigenvalue weighted by molar-refractivity contribution is -0.145. The van der Waals surface area contributed by atoms with Crippen LogP contribution in [0.4, 0.5) is 0 Å². The Kier molecular flexibility index (Phi) is 7.28. The van der Waals surface area contributed by atoms with Gasteiger partial charge in [-0.2, -0.15) is 0 Å². The molecule has 0 aliphatic heterocycles. The van der Waals surface area contributed by atoms with E-state index < -0.39 is 0 Å². The molecule has 0 spiro atoms. The summed E-state index contributed by atoms with van der Waals surface area (Å²) in [5, 5.41) is 5.17. The van der Waals surface area contributed by atoms with Crippen molar-refractivity contribution in [3.63, 3.8) is 0 Å². The van der Waals surface area contributed by atoms with Gasteiger partial charge in [0.15, 0.2) is 0 Å². The molecule has 2 nitrogen and oxygen atoms in total. The second-order valence-corrected chi connectivity index (χ2v) is 9.32. The van der Waals surface area contributed by atoms with Crippen molar-refractivity contribution in [2.45, 2.75) is 32.3 Å². The van der Waals surface area contributed by atoms with Gasteiger partial charge < -0.3 is 4.74 Å². The van der Waals surface area contributed by atoms with E-state index in [1.165, 1.54) is 19.5 Å². The van der Waals surface area contributed by atoms with Crippen LogP contribution in [0.2, 0.25) is 0 Å². The average molecular weight is 455 g/mol. The van der Waals surface area contributed by atoms with Crippen LogP contribution >= 0.6 is 49.9 Å². The number of hydrogen-bond donors (Lipinski definition) is 0. The van der Waals surface area contributed by atoms with Crippen molar-refractivity contribution in [1.29, 1.82) is 0 Å². The predicted molar refractivity (Wildman–Crippen MR) is 113 cm³/mol. The van der Waals surface area contributed by atoms with Crippen molar-refractivity contribution in [2.24, 2.45) is 0 Å². The summed E-state index contributed by atoms with van der Waals surface area (Å²) in [7, 11) is 0. The van der Waals surface area contributed by atoms with Gasteiger partial charge in [-0.15, -0.1) is 34.0 Å². The Labute approximate surface area is 168 Å². The molecule has 0 amide bonds. The zero-order valence-electron chi connectivity index (χ0n) is 13.7. The van der Waals surface area contributed by atoms with Crippen molar-refractivity contribution in [3.05, 3.63) is 46.7 Å². The molecule has 0 N–H and O–H groups in total. The van der Waals surface area contributed by atoms with Crippen LogP contribution in [0.3, 0.4) is 0 Å². The van der Waals surface area contributed by atoms with Gasteiger partial charge in [0.25, 0.3) is 0 Å². The maximum Gasteiger partial charge on any atom is 0.306 e. The molecule has 0 unspecified atom stereocenters. The lowest BCUT2D eigenvalue weighted by Gasteiger charge is -2.05. The molecule has 0 fully saturated rings. The van der Waals surface area contributed by atoms with Crippen LogP contribution < -0.4 is 0 Å². The molecule has 132 valence electrons. The Morgan fingerprint density at radius 3 is 2.44 bits per heavy atom. The molecule has 0 radical (unpaired) electrons. The summed E-state index contributed by atoms with van der Waals surface area (Å²) < 4.78 is 5.54. The number of ether oxygens (including phenoxy) is 1. The molecule has 3 heterocycles. The van der Waals surface area contributed by atoms with E-state index in [9.17, 15) is 4.79 Å². The molecule has 6 heteroatoms. The SMILES string of the molecule is O=C(CCCCCBr)OCc1cc(-c2cccs2)sc1-c1cccs1. The van der Waals surface area contributed by atoms with Crippen molar-refractivity contribution in [2.75, 3.05) is 5.33 Å². The van der Waals surface area contributed by atoms with E-state index in [0.29, 0.717) is 13.0 Å². The van der Waals surface area contributed by atoms with Crippen LogP contribution in [-0.2, 0) is 16.1 Å². The number of alkyl halides is 1. The quantitative estimate of drug-likeness (QED) is 0.194. The lowest BCUT2D eigenvalue weighted by atomic mass is 10.2. The van der Waals surface area contributed by atoms with E-state index in [2.05, 4.69) is 57.0 Å².